The molecule has 0 bridgehead atoms. The Balaban J connectivity index is 1.67. The van der Waals surface area contributed by atoms with Gasteiger partial charge in [0.05, 0.1) is 32.3 Å². The van der Waals surface area contributed by atoms with Gasteiger partial charge in [0.2, 0.25) is 17.7 Å². The fraction of sp³-hybridized carbons (Fsp3) is 0.372. The number of hydrogen-bond acceptors (Lipinski definition) is 14. The molecule has 336 valence electrons. The predicted molar refractivity (Wildman–Crippen MR) is 220 cm³/mol. The number of fused-ring (bicyclic) bond motifs is 2. The van der Waals surface area contributed by atoms with Crippen molar-refractivity contribution >= 4 is 58.3 Å². The van der Waals surface area contributed by atoms with Crippen LogP contribution in [0.4, 0.5) is 4.39 Å². The average Bonchev–Trinajstić information content (AvgIpc) is 3.23. The van der Waals surface area contributed by atoms with Crippen LogP contribution in [0.25, 0.3) is 33.4 Å². The number of benzene rings is 3. The highest BCUT2D eigenvalue weighted by molar-refractivity contribution is 6.09. The summed E-state index contributed by atoms with van der Waals surface area (Å²) in [7, 11) is 2.09. The molecule has 7 N–H and O–H groups in total. The lowest BCUT2D eigenvalue weighted by Gasteiger charge is -2.27. The number of phenols is 1. The Morgan fingerprint density at radius 2 is 1.43 bits per heavy atom. The van der Waals surface area contributed by atoms with Crippen LogP contribution in [0, 0.1) is 5.92 Å². The second kappa shape index (κ2) is 21.5. The topological polar surface area (TPSA) is 294 Å². The van der Waals surface area contributed by atoms with Gasteiger partial charge in [-0.2, -0.15) is 0 Å². The number of carboxylic acids is 1. The van der Waals surface area contributed by atoms with Crippen LogP contribution < -0.4 is 26.7 Å². The first-order chi connectivity index (χ1) is 29.8. The zero-order valence-corrected chi connectivity index (χ0v) is 34.8. The van der Waals surface area contributed by atoms with Crippen LogP contribution in [-0.2, 0) is 38.2 Å². The number of alkyl halides is 1. The van der Waals surface area contributed by atoms with E-state index in [-0.39, 0.29) is 51.7 Å². The fourth-order valence-corrected chi connectivity index (χ4v) is 6.59. The van der Waals surface area contributed by atoms with Gasteiger partial charge >= 0.3 is 17.9 Å². The molecule has 4 rings (SSSR count). The lowest BCUT2D eigenvalue weighted by molar-refractivity contribution is -0.144. The number of carbonyl (C=O) groups excluding carboxylic acids is 7. The third kappa shape index (κ3) is 12.4. The van der Waals surface area contributed by atoms with Crippen LogP contribution in [0.3, 0.4) is 0 Å². The predicted octanol–water partition coefficient (Wildman–Crippen LogP) is 2.00. The first-order valence-electron chi connectivity index (χ1n) is 19.5. The number of Topliss-reactive ketones (excluding diaryl/α,β-unsaturated/α-hetero) is 1. The summed E-state index contributed by atoms with van der Waals surface area (Å²) in [4.78, 5) is 116. The maximum atomic E-state index is 14.0. The van der Waals surface area contributed by atoms with Crippen molar-refractivity contribution in [1.29, 1.82) is 0 Å². The van der Waals surface area contributed by atoms with Crippen LogP contribution in [-0.4, -0.2) is 114 Å². The van der Waals surface area contributed by atoms with Crippen molar-refractivity contribution in [1.82, 2.24) is 21.3 Å². The molecular weight excluding hydrogens is 831 g/mol. The van der Waals surface area contributed by atoms with Gasteiger partial charge in [-0.05, 0) is 73.7 Å². The summed E-state index contributed by atoms with van der Waals surface area (Å²) in [6, 6.07) is 5.11. The summed E-state index contributed by atoms with van der Waals surface area (Å²) in [5, 5.41) is 40.7. The third-order valence-electron chi connectivity index (χ3n) is 9.78. The molecule has 0 radical (unpaired) electrons. The Kier molecular flexibility index (Phi) is 16.6. The smallest absolute Gasteiger partial charge is 0.336 e. The summed E-state index contributed by atoms with van der Waals surface area (Å²) < 4.78 is 28.3. The number of rotatable bonds is 20. The molecule has 4 amide bonds. The van der Waals surface area contributed by atoms with Crippen molar-refractivity contribution in [3.8, 4) is 28.2 Å². The molecule has 2 aliphatic rings. The molecule has 1 aliphatic heterocycles. The van der Waals surface area contributed by atoms with Crippen molar-refractivity contribution in [2.75, 3.05) is 20.9 Å². The molecule has 0 saturated heterocycles. The molecule has 0 unspecified atom stereocenters. The van der Waals surface area contributed by atoms with Gasteiger partial charge in [0.15, 0.2) is 11.2 Å². The molecule has 0 spiro atoms. The van der Waals surface area contributed by atoms with E-state index in [4.69, 9.17) is 4.42 Å². The van der Waals surface area contributed by atoms with Gasteiger partial charge in [-0.1, -0.05) is 13.8 Å². The lowest BCUT2D eigenvalue weighted by atomic mass is 9.89. The number of phenolic OH excluding ortho intramolecular Hbond substituents is 1. The maximum absolute atomic E-state index is 14.0. The molecule has 20 heteroatoms. The van der Waals surface area contributed by atoms with Crippen molar-refractivity contribution in [3.63, 3.8) is 0 Å². The van der Waals surface area contributed by atoms with Crippen LogP contribution in [0.1, 0.15) is 67.2 Å². The van der Waals surface area contributed by atoms with Gasteiger partial charge < -0.3 is 50.5 Å². The van der Waals surface area contributed by atoms with E-state index in [9.17, 15) is 62.9 Å². The number of carbonyl (C=O) groups is 8. The number of nitrogens with one attached hydrogen (secondary N) is 4. The largest absolute Gasteiger partial charge is 0.508 e. The van der Waals surface area contributed by atoms with Crippen molar-refractivity contribution < 1.29 is 72.0 Å². The minimum absolute atomic E-state index is 0.0116. The van der Waals surface area contributed by atoms with E-state index < -0.39 is 109 Å². The van der Waals surface area contributed by atoms with Crippen molar-refractivity contribution in [2.24, 2.45) is 5.92 Å². The molecule has 5 atom stereocenters. The minimum Gasteiger partial charge on any atom is -0.508 e. The average molecular weight is 879 g/mol. The second-order valence-corrected chi connectivity index (χ2v) is 14.9. The van der Waals surface area contributed by atoms with Gasteiger partial charge in [-0.25, -0.2) is 9.18 Å². The molecule has 0 fully saturated rings. The highest BCUT2D eigenvalue weighted by Crippen LogP contribution is 2.42. The van der Waals surface area contributed by atoms with Gasteiger partial charge in [-0.15, -0.1) is 0 Å². The second-order valence-electron chi connectivity index (χ2n) is 14.9. The third-order valence-corrected chi connectivity index (χ3v) is 9.78. The summed E-state index contributed by atoms with van der Waals surface area (Å²) in [5.74, 6) is -8.77. The van der Waals surface area contributed by atoms with E-state index in [1.54, 1.807) is 13.8 Å². The van der Waals surface area contributed by atoms with E-state index in [0.717, 1.165) is 21.1 Å². The van der Waals surface area contributed by atoms with E-state index in [0.29, 0.717) is 10.9 Å². The van der Waals surface area contributed by atoms with Gasteiger partial charge in [0.25, 0.3) is 5.91 Å². The number of aliphatic hydroxyl groups is 1. The van der Waals surface area contributed by atoms with Crippen molar-refractivity contribution in [3.05, 3.63) is 75.9 Å². The molecular formula is C43H47FN4O15. The summed E-state index contributed by atoms with van der Waals surface area (Å²) in [5.41, 5.74) is -0.0734. The zero-order chi connectivity index (χ0) is 46.7. The number of amides is 4. The number of aromatic hydroxyl groups is 1. The Morgan fingerprint density at radius 1 is 0.762 bits per heavy atom. The first kappa shape index (κ1) is 48.4. The zero-order valence-electron chi connectivity index (χ0n) is 34.8. The maximum Gasteiger partial charge on any atom is 0.336 e. The normalized spacial score (nSPS) is 13.5. The van der Waals surface area contributed by atoms with Gasteiger partial charge in [0.1, 0.15) is 47.9 Å². The Labute approximate surface area is 358 Å². The number of hydrogen-bond donors (Lipinski definition) is 7. The standard InChI is InChI=1S/C43H47FN4O15/c1-20(2)14-31(41(57)45-29(12-13-35(53)61-4)40(56)48-38(21(3)49)42(58)46-30(32(52)19-44)18-36(54)62-5)47-39(55)22-6-9-25(43(59)60)28(15-22)37-26-10-7-23(50)16-33(26)63-34-17-24(51)8-11-27(34)37/h6-11,15-17,20-21,29-31,38,49-50H,12-14,18-19H2,1-5H3,(H,45,57)(H,46,58)(H,47,55)(H,48,56)(H,59,60)/t21-,29+,30-,31+,38+/m1/s1. The summed E-state index contributed by atoms with van der Waals surface area (Å²) >= 11 is 0. The molecule has 1 heterocycles. The summed E-state index contributed by atoms with van der Waals surface area (Å²) in [6.07, 6.45) is -3.28. The van der Waals surface area contributed by atoms with Gasteiger partial charge in [-0.3, -0.25) is 38.4 Å². The van der Waals surface area contributed by atoms with Crippen molar-refractivity contribution in [2.45, 2.75) is 76.7 Å². The van der Waals surface area contributed by atoms with Gasteiger partial charge in [0, 0.05) is 40.6 Å². The number of ketones is 1. The van der Waals surface area contributed by atoms with Crippen LogP contribution in [0.5, 0.6) is 5.75 Å². The SMILES string of the molecule is COC(=O)CC[C@H](NC(=O)[C@H](CC(C)C)NC(=O)c1ccc(C(=O)O)c(-c2c3ccc(=O)cc-3oc3cc(O)ccc23)c1)C(=O)N[C@H](C(=O)N[C@H](CC(=O)OC)C(=O)CF)[C@@H](C)O. The molecule has 63 heavy (non-hydrogen) atoms. The molecule has 19 nitrogen and oxygen atoms in total. The Hall–Kier alpha value is -7.22. The lowest BCUT2D eigenvalue weighted by Crippen LogP contribution is -2.60. The minimum atomic E-state index is -1.84. The molecule has 1 aliphatic carbocycles. The highest BCUT2D eigenvalue weighted by atomic mass is 19.1. The molecule has 2 aromatic carbocycles. The fourth-order valence-electron chi connectivity index (χ4n) is 6.59. The number of aromatic carboxylic acids is 1. The number of ether oxygens (including phenoxy) is 2. The van der Waals surface area contributed by atoms with Crippen LogP contribution in [0.15, 0.2) is 63.8 Å². The number of methoxy groups -OCH3 is 2. The van der Waals surface area contributed by atoms with E-state index in [1.165, 1.54) is 54.6 Å². The monoisotopic (exact) mass is 878 g/mol. The van der Waals surface area contributed by atoms with E-state index in [2.05, 4.69) is 30.7 Å². The highest BCUT2D eigenvalue weighted by Gasteiger charge is 2.35. The molecule has 0 aromatic heterocycles. The quantitative estimate of drug-likeness (QED) is 0.0494. The first-order valence-corrected chi connectivity index (χ1v) is 19.5. The number of esters is 2. The Morgan fingerprint density at radius 3 is 2.05 bits per heavy atom. The number of aliphatic hydroxyl groups excluding tert-OH is 1. The molecule has 2 aromatic rings. The molecule has 0 saturated carbocycles. The van der Waals surface area contributed by atoms with Crippen LogP contribution in [0.2, 0.25) is 0 Å². The number of carboxylic acid groups (broad SMARTS) is 1. The van der Waals surface area contributed by atoms with Crippen LogP contribution >= 0.6 is 0 Å². The summed E-state index contributed by atoms with van der Waals surface area (Å²) in [6.45, 7) is 3.02. The van der Waals surface area contributed by atoms with E-state index in [1.807, 2.05) is 0 Å². The number of halogens is 1. The van der Waals surface area contributed by atoms with E-state index >= 15 is 0 Å². The Bertz CT molecular complexity index is 2430.